The smallest absolute Gasteiger partial charge is 0.390 e. The number of aliphatic hydroxyl groups excluding tert-OH is 2. The van der Waals surface area contributed by atoms with Gasteiger partial charge in [-0.05, 0) is 54.1 Å². The number of fused-ring (bicyclic) bond motifs is 1. The molecule has 0 bridgehead atoms. The van der Waals surface area contributed by atoms with Crippen molar-refractivity contribution in [1.29, 1.82) is 0 Å². The van der Waals surface area contributed by atoms with Crippen molar-refractivity contribution in [3.8, 4) is 0 Å². The van der Waals surface area contributed by atoms with Gasteiger partial charge in [0.2, 0.25) is 0 Å². The fourth-order valence-corrected chi connectivity index (χ4v) is 11.0. The van der Waals surface area contributed by atoms with Gasteiger partial charge in [0.15, 0.2) is 6.29 Å². The SMILES string of the molecule is OC1C(c2ccccc2)[C@@]2(O)[C@@H]1O[C@@H](O)[C@H](OP(c1ccc(C(F)(F)F)cc1)c1ccc(C(F)(F)F)cc1)[C@H]2OP(c1ccc(C(F)(F)F)cc1)c1ccc(C(F)(F)F)cc1. The molecular formula is C41H30F12O6P2. The standard InChI is InChI=1S/C41H30F12O6P2/c42-38(43,44)23-6-14-27(15-7-23)60(28-16-8-24(9-17-28)39(45,46)47)58-33-35(37(56)31(22-4-2-1-3-5-22)32(54)34(37)57-36(33)55)59-61(29-18-10-25(11-19-29)40(48,49)50)30-20-12-26(13-21-30)41(51,52)53/h1-21,31-36,54-56H/t31?,32?,33-,34-,35-,36-,37-/m1/s1. The largest absolute Gasteiger partial charge is 0.416 e. The number of hydrogen-bond acceptors (Lipinski definition) is 6. The van der Waals surface area contributed by atoms with Gasteiger partial charge in [-0.2, -0.15) is 52.7 Å². The fraction of sp³-hybridized carbons (Fsp3) is 0.268. The summed E-state index contributed by atoms with van der Waals surface area (Å²) in [7, 11) is -5.17. The zero-order valence-corrected chi connectivity index (χ0v) is 32.4. The first-order valence-electron chi connectivity index (χ1n) is 17.9. The molecule has 1 saturated carbocycles. The third kappa shape index (κ3) is 9.05. The Labute approximate surface area is 341 Å². The lowest BCUT2D eigenvalue weighted by Gasteiger charge is -2.63. The Bertz CT molecular complexity index is 2160. The molecule has 0 aromatic heterocycles. The van der Waals surface area contributed by atoms with Gasteiger partial charge in [-0.25, -0.2) is 0 Å². The van der Waals surface area contributed by atoms with E-state index in [0.717, 1.165) is 48.5 Å². The number of rotatable bonds is 9. The molecule has 7 atom stereocenters. The summed E-state index contributed by atoms with van der Waals surface area (Å²) >= 11 is 0. The molecule has 5 aromatic rings. The molecular weight excluding hydrogens is 878 g/mol. The van der Waals surface area contributed by atoms with Gasteiger partial charge in [0.1, 0.15) is 23.9 Å². The summed E-state index contributed by atoms with van der Waals surface area (Å²) in [5.74, 6) is -1.32. The van der Waals surface area contributed by atoms with Crippen molar-refractivity contribution in [3.63, 3.8) is 0 Å². The number of ether oxygens (including phenoxy) is 1. The highest BCUT2D eigenvalue weighted by molar-refractivity contribution is 7.69. The summed E-state index contributed by atoms with van der Waals surface area (Å²) in [6, 6.07) is 21.3. The average molecular weight is 909 g/mol. The molecule has 3 N–H and O–H groups in total. The molecule has 6 nitrogen and oxygen atoms in total. The summed E-state index contributed by atoms with van der Waals surface area (Å²) in [6.45, 7) is 0. The Kier molecular flexibility index (Phi) is 12.2. The minimum Gasteiger partial charge on any atom is -0.390 e. The van der Waals surface area contributed by atoms with E-state index >= 15 is 0 Å². The van der Waals surface area contributed by atoms with Crippen LogP contribution in [0.4, 0.5) is 52.7 Å². The fourth-order valence-electron chi connectivity index (χ4n) is 7.25. The lowest BCUT2D eigenvalue weighted by Crippen LogP contribution is -2.80. The first kappa shape index (κ1) is 44.9. The van der Waals surface area contributed by atoms with Gasteiger partial charge in [0.05, 0.1) is 44.7 Å². The van der Waals surface area contributed by atoms with Crippen LogP contribution in [-0.4, -0.2) is 51.6 Å². The van der Waals surface area contributed by atoms with E-state index in [1.165, 1.54) is 12.1 Å². The zero-order valence-electron chi connectivity index (χ0n) is 30.6. The van der Waals surface area contributed by atoms with E-state index in [1.54, 1.807) is 18.2 Å². The lowest BCUT2D eigenvalue weighted by atomic mass is 9.57. The topological polar surface area (TPSA) is 88.4 Å². The normalized spacial score (nSPS) is 24.7. The maximum absolute atomic E-state index is 13.7. The molecule has 7 rings (SSSR count). The molecule has 2 unspecified atom stereocenters. The first-order valence-corrected chi connectivity index (χ1v) is 20.4. The van der Waals surface area contributed by atoms with Gasteiger partial charge in [-0.3, -0.25) is 0 Å². The molecule has 0 amide bonds. The lowest BCUT2D eigenvalue weighted by molar-refractivity contribution is -0.371. The molecule has 2 aliphatic rings. The van der Waals surface area contributed by atoms with Crippen molar-refractivity contribution in [3.05, 3.63) is 155 Å². The van der Waals surface area contributed by atoms with Crippen LogP contribution in [0.3, 0.4) is 0 Å². The van der Waals surface area contributed by atoms with Crippen molar-refractivity contribution < 1.29 is 81.8 Å². The van der Waals surface area contributed by atoms with Crippen LogP contribution in [0.25, 0.3) is 0 Å². The quantitative estimate of drug-likeness (QED) is 0.102. The summed E-state index contributed by atoms with van der Waals surface area (Å²) < 4.78 is 182. The van der Waals surface area contributed by atoms with E-state index in [1.807, 2.05) is 0 Å². The third-order valence-corrected chi connectivity index (χ3v) is 14.2. The monoisotopic (exact) mass is 908 g/mol. The van der Waals surface area contributed by atoms with Gasteiger partial charge < -0.3 is 29.1 Å². The van der Waals surface area contributed by atoms with Gasteiger partial charge in [0, 0.05) is 27.1 Å². The molecule has 61 heavy (non-hydrogen) atoms. The zero-order chi connectivity index (χ0) is 44.3. The van der Waals surface area contributed by atoms with Crippen LogP contribution >= 0.6 is 16.3 Å². The second-order valence-corrected chi connectivity index (χ2v) is 17.7. The molecule has 20 heteroatoms. The summed E-state index contributed by atoms with van der Waals surface area (Å²) in [5, 5.41) is 35.6. The number of benzene rings is 5. The average Bonchev–Trinajstić information content (AvgIpc) is 3.20. The summed E-state index contributed by atoms with van der Waals surface area (Å²) in [6.07, 6.45) is -28.5. The second-order valence-electron chi connectivity index (χ2n) is 14.1. The minimum atomic E-state index is -4.80. The molecule has 1 saturated heterocycles. The van der Waals surface area contributed by atoms with Crippen molar-refractivity contribution >= 4 is 37.5 Å². The van der Waals surface area contributed by atoms with E-state index in [0.29, 0.717) is 54.1 Å². The first-order chi connectivity index (χ1) is 28.5. The predicted molar refractivity (Wildman–Crippen MR) is 199 cm³/mol. The highest BCUT2D eigenvalue weighted by Gasteiger charge is 2.72. The number of halogens is 12. The van der Waals surface area contributed by atoms with Crippen molar-refractivity contribution in [2.45, 2.75) is 66.9 Å². The van der Waals surface area contributed by atoms with E-state index in [-0.39, 0.29) is 21.2 Å². The number of aliphatic hydroxyl groups is 3. The molecule has 324 valence electrons. The Hall–Kier alpha value is -4.12. The number of alkyl halides is 12. The van der Waals surface area contributed by atoms with E-state index in [4.69, 9.17) is 13.8 Å². The van der Waals surface area contributed by atoms with Crippen LogP contribution in [0, 0.1) is 0 Å². The summed E-state index contributed by atoms with van der Waals surface area (Å²) in [5.41, 5.74) is -6.50. The molecule has 1 aliphatic heterocycles. The summed E-state index contributed by atoms with van der Waals surface area (Å²) in [4.78, 5) is 0. The van der Waals surface area contributed by atoms with Crippen LogP contribution in [0.2, 0.25) is 0 Å². The van der Waals surface area contributed by atoms with Crippen LogP contribution in [-0.2, 0) is 38.5 Å². The van der Waals surface area contributed by atoms with Crippen molar-refractivity contribution in [2.75, 3.05) is 0 Å². The van der Waals surface area contributed by atoms with Crippen molar-refractivity contribution in [2.24, 2.45) is 0 Å². The highest BCUT2D eigenvalue weighted by atomic mass is 31.1. The van der Waals surface area contributed by atoms with Crippen LogP contribution < -0.4 is 21.2 Å². The molecule has 2 fully saturated rings. The molecule has 1 heterocycles. The predicted octanol–water partition coefficient (Wildman–Crippen LogP) is 8.53. The van der Waals surface area contributed by atoms with Crippen LogP contribution in [0.15, 0.2) is 127 Å². The van der Waals surface area contributed by atoms with Crippen LogP contribution in [0.5, 0.6) is 0 Å². The Morgan fingerprint density at radius 2 is 0.803 bits per heavy atom. The maximum atomic E-state index is 13.7. The molecule has 5 aromatic carbocycles. The minimum absolute atomic E-state index is 0.0356. The highest BCUT2D eigenvalue weighted by Crippen LogP contribution is 2.58. The Balaban J connectivity index is 1.39. The van der Waals surface area contributed by atoms with E-state index in [9.17, 15) is 68.0 Å². The van der Waals surface area contributed by atoms with Crippen LogP contribution in [0.1, 0.15) is 33.7 Å². The third-order valence-electron chi connectivity index (χ3n) is 10.2. The molecule has 1 aliphatic carbocycles. The van der Waals surface area contributed by atoms with E-state index < -0.39 is 105 Å². The number of hydrogen-bond donors (Lipinski definition) is 3. The van der Waals surface area contributed by atoms with Gasteiger partial charge >= 0.3 is 24.7 Å². The van der Waals surface area contributed by atoms with E-state index in [2.05, 4.69) is 0 Å². The van der Waals surface area contributed by atoms with Gasteiger partial charge in [-0.15, -0.1) is 0 Å². The van der Waals surface area contributed by atoms with Gasteiger partial charge in [-0.1, -0.05) is 78.9 Å². The second kappa shape index (κ2) is 16.5. The Morgan fingerprint density at radius 3 is 1.13 bits per heavy atom. The van der Waals surface area contributed by atoms with Crippen molar-refractivity contribution in [1.82, 2.24) is 0 Å². The Morgan fingerprint density at radius 1 is 0.475 bits per heavy atom. The van der Waals surface area contributed by atoms with Gasteiger partial charge in [0.25, 0.3) is 0 Å². The molecule has 0 radical (unpaired) electrons. The maximum Gasteiger partial charge on any atom is 0.416 e. The molecule has 0 spiro atoms.